The maximum absolute atomic E-state index is 4.50. The summed E-state index contributed by atoms with van der Waals surface area (Å²) >= 11 is 0. The summed E-state index contributed by atoms with van der Waals surface area (Å²) in [6, 6.07) is 0. The first-order valence-corrected chi connectivity index (χ1v) is 5.93. The van der Waals surface area contributed by atoms with Crippen molar-refractivity contribution in [3.05, 3.63) is 0 Å². The summed E-state index contributed by atoms with van der Waals surface area (Å²) in [6.45, 7) is 2.09. The van der Waals surface area contributed by atoms with Gasteiger partial charge in [0, 0.05) is 41.3 Å². The molecule has 0 aliphatic carbocycles. The lowest BCUT2D eigenvalue weighted by Crippen LogP contribution is -2.25. The van der Waals surface area contributed by atoms with Crippen molar-refractivity contribution in [2.75, 3.05) is 56.0 Å². The van der Waals surface area contributed by atoms with Crippen molar-refractivity contribution in [2.45, 2.75) is 12.8 Å². The highest BCUT2D eigenvalue weighted by molar-refractivity contribution is 5.45. The fourth-order valence-corrected chi connectivity index (χ4v) is 1.80. The topological polar surface area (TPSA) is 48.4 Å². The van der Waals surface area contributed by atoms with Gasteiger partial charge in [-0.05, 0) is 12.8 Å². The van der Waals surface area contributed by atoms with Gasteiger partial charge in [-0.2, -0.15) is 15.0 Å². The summed E-state index contributed by atoms with van der Waals surface area (Å²) in [5.41, 5.74) is 0. The van der Waals surface area contributed by atoms with Gasteiger partial charge in [-0.25, -0.2) is 0 Å². The van der Waals surface area contributed by atoms with Gasteiger partial charge in [0.2, 0.25) is 17.8 Å². The van der Waals surface area contributed by atoms with Crippen LogP contribution in [-0.2, 0) is 0 Å². The molecule has 1 aliphatic rings. The Morgan fingerprint density at radius 1 is 0.824 bits per heavy atom. The van der Waals surface area contributed by atoms with Gasteiger partial charge < -0.3 is 14.7 Å². The molecule has 1 saturated heterocycles. The monoisotopic (exact) mass is 236 g/mol. The lowest BCUT2D eigenvalue weighted by Gasteiger charge is -2.20. The number of nitrogens with zero attached hydrogens (tertiary/aromatic N) is 6. The molecule has 1 fully saturated rings. The van der Waals surface area contributed by atoms with Crippen LogP contribution in [0.1, 0.15) is 12.8 Å². The van der Waals surface area contributed by atoms with Crippen molar-refractivity contribution < 1.29 is 0 Å². The fourth-order valence-electron chi connectivity index (χ4n) is 1.80. The molecule has 0 atom stereocenters. The summed E-state index contributed by atoms with van der Waals surface area (Å²) in [5, 5.41) is 0. The molecular weight excluding hydrogens is 216 g/mol. The number of hydrogen-bond acceptors (Lipinski definition) is 6. The highest BCUT2D eigenvalue weighted by atomic mass is 15.4. The van der Waals surface area contributed by atoms with Crippen LogP contribution in [0, 0.1) is 0 Å². The standard InChI is InChI=1S/C11H20N6/c1-15(2)9-12-10(16(3)4)14-11(13-9)17-7-5-6-8-17/h5-8H2,1-4H3. The van der Waals surface area contributed by atoms with Crippen LogP contribution in [0.2, 0.25) is 0 Å². The third kappa shape index (κ3) is 2.57. The number of hydrogen-bond donors (Lipinski definition) is 0. The predicted octanol–water partition coefficient (Wildman–Crippen LogP) is 0.604. The van der Waals surface area contributed by atoms with Crippen LogP contribution in [0.4, 0.5) is 17.8 Å². The molecule has 6 nitrogen and oxygen atoms in total. The Balaban J connectivity index is 2.36. The van der Waals surface area contributed by atoms with E-state index in [9.17, 15) is 0 Å². The summed E-state index contributed by atoms with van der Waals surface area (Å²) < 4.78 is 0. The number of anilines is 3. The van der Waals surface area contributed by atoms with Gasteiger partial charge in [0.1, 0.15) is 0 Å². The van der Waals surface area contributed by atoms with E-state index in [0.717, 1.165) is 19.0 Å². The van der Waals surface area contributed by atoms with Crippen molar-refractivity contribution in [1.82, 2.24) is 15.0 Å². The lowest BCUT2D eigenvalue weighted by atomic mass is 10.4. The van der Waals surface area contributed by atoms with E-state index in [0.29, 0.717) is 11.9 Å². The van der Waals surface area contributed by atoms with Crippen molar-refractivity contribution in [3.8, 4) is 0 Å². The van der Waals surface area contributed by atoms with Crippen LogP contribution in [-0.4, -0.2) is 56.2 Å². The van der Waals surface area contributed by atoms with Crippen LogP contribution in [0.5, 0.6) is 0 Å². The van der Waals surface area contributed by atoms with E-state index < -0.39 is 0 Å². The van der Waals surface area contributed by atoms with Crippen molar-refractivity contribution >= 4 is 17.8 Å². The summed E-state index contributed by atoms with van der Waals surface area (Å²) in [7, 11) is 7.79. The zero-order valence-corrected chi connectivity index (χ0v) is 11.0. The smallest absolute Gasteiger partial charge is 0.231 e. The highest BCUT2D eigenvalue weighted by Gasteiger charge is 2.18. The largest absolute Gasteiger partial charge is 0.347 e. The minimum Gasteiger partial charge on any atom is -0.347 e. The van der Waals surface area contributed by atoms with Gasteiger partial charge in [-0.1, -0.05) is 0 Å². The van der Waals surface area contributed by atoms with Crippen LogP contribution in [0.25, 0.3) is 0 Å². The van der Waals surface area contributed by atoms with Crippen LogP contribution >= 0.6 is 0 Å². The van der Waals surface area contributed by atoms with Crippen LogP contribution < -0.4 is 14.7 Å². The Kier molecular flexibility index (Phi) is 3.31. The zero-order chi connectivity index (χ0) is 12.4. The minimum atomic E-state index is 0.714. The van der Waals surface area contributed by atoms with Crippen LogP contribution in [0.15, 0.2) is 0 Å². The van der Waals surface area contributed by atoms with Crippen molar-refractivity contribution in [2.24, 2.45) is 0 Å². The van der Waals surface area contributed by atoms with Crippen molar-refractivity contribution in [1.29, 1.82) is 0 Å². The Morgan fingerprint density at radius 3 is 1.71 bits per heavy atom. The van der Waals surface area contributed by atoms with E-state index in [1.807, 2.05) is 38.0 Å². The molecule has 6 heteroatoms. The molecule has 17 heavy (non-hydrogen) atoms. The zero-order valence-electron chi connectivity index (χ0n) is 11.0. The van der Waals surface area contributed by atoms with Crippen LogP contribution in [0.3, 0.4) is 0 Å². The van der Waals surface area contributed by atoms with Gasteiger partial charge in [-0.3, -0.25) is 0 Å². The predicted molar refractivity (Wildman–Crippen MR) is 69.9 cm³/mol. The molecule has 1 aromatic rings. The molecule has 0 N–H and O–H groups in total. The first kappa shape index (κ1) is 11.9. The molecule has 0 saturated carbocycles. The molecule has 2 rings (SSSR count). The average Bonchev–Trinajstić information content (AvgIpc) is 2.81. The molecular formula is C11H20N6. The van der Waals surface area contributed by atoms with E-state index in [1.54, 1.807) is 0 Å². The van der Waals surface area contributed by atoms with Gasteiger partial charge in [0.25, 0.3) is 0 Å². The summed E-state index contributed by atoms with van der Waals surface area (Å²) in [4.78, 5) is 19.5. The first-order chi connectivity index (χ1) is 8.08. The van der Waals surface area contributed by atoms with E-state index in [2.05, 4.69) is 19.9 Å². The molecule has 94 valence electrons. The summed E-state index contributed by atoms with van der Waals surface area (Å²) in [6.07, 6.45) is 2.44. The molecule has 2 heterocycles. The second kappa shape index (κ2) is 4.73. The molecule has 0 amide bonds. The molecule has 0 radical (unpaired) electrons. The second-order valence-electron chi connectivity index (χ2n) is 4.72. The average molecular weight is 236 g/mol. The molecule has 0 spiro atoms. The molecule has 0 bridgehead atoms. The Hall–Kier alpha value is -1.59. The summed E-state index contributed by atoms with van der Waals surface area (Å²) in [5.74, 6) is 2.22. The van der Waals surface area contributed by atoms with Gasteiger partial charge >= 0.3 is 0 Å². The Bertz CT molecular complexity index is 357. The van der Waals surface area contributed by atoms with E-state index in [1.165, 1.54) is 12.8 Å². The van der Waals surface area contributed by atoms with E-state index in [4.69, 9.17) is 0 Å². The molecule has 0 unspecified atom stereocenters. The maximum atomic E-state index is 4.50. The molecule has 1 aromatic heterocycles. The van der Waals surface area contributed by atoms with Crippen molar-refractivity contribution in [3.63, 3.8) is 0 Å². The first-order valence-electron chi connectivity index (χ1n) is 5.93. The fraction of sp³-hybridized carbons (Fsp3) is 0.727. The van der Waals surface area contributed by atoms with Gasteiger partial charge in [0.05, 0.1) is 0 Å². The Labute approximate surface area is 102 Å². The minimum absolute atomic E-state index is 0.714. The van der Waals surface area contributed by atoms with E-state index in [-0.39, 0.29) is 0 Å². The number of aromatic nitrogens is 3. The SMILES string of the molecule is CN(C)c1nc(N(C)C)nc(N2CCCC2)n1. The second-order valence-corrected chi connectivity index (χ2v) is 4.72. The number of rotatable bonds is 3. The molecule has 0 aromatic carbocycles. The van der Waals surface area contributed by atoms with E-state index >= 15 is 0 Å². The normalized spacial score (nSPS) is 15.2. The highest BCUT2D eigenvalue weighted by Crippen LogP contribution is 2.20. The maximum Gasteiger partial charge on any atom is 0.231 e. The Morgan fingerprint density at radius 2 is 1.29 bits per heavy atom. The third-order valence-electron chi connectivity index (χ3n) is 2.79. The quantitative estimate of drug-likeness (QED) is 0.766. The van der Waals surface area contributed by atoms with Gasteiger partial charge in [0.15, 0.2) is 0 Å². The molecule has 1 aliphatic heterocycles. The third-order valence-corrected chi connectivity index (χ3v) is 2.79. The lowest BCUT2D eigenvalue weighted by molar-refractivity contribution is 0.848. The van der Waals surface area contributed by atoms with Gasteiger partial charge in [-0.15, -0.1) is 0 Å².